The standard InChI is InChI=1S/C14H21N/c1-12-5-7-13(8-6-12)9-10-14-4-2-3-11-15-14/h5-8,14-15H,2-4,9-11H2,1H3/t14-/m0/s1. The molecule has 0 aliphatic carbocycles. The fourth-order valence-corrected chi connectivity index (χ4v) is 2.27. The second-order valence-electron chi connectivity index (χ2n) is 4.67. The number of rotatable bonds is 3. The van der Waals surface area contributed by atoms with E-state index in [9.17, 15) is 0 Å². The van der Waals surface area contributed by atoms with Crippen molar-refractivity contribution >= 4 is 0 Å². The number of benzene rings is 1. The van der Waals surface area contributed by atoms with Crippen molar-refractivity contribution in [2.24, 2.45) is 0 Å². The minimum absolute atomic E-state index is 0.764. The van der Waals surface area contributed by atoms with Crippen LogP contribution in [0.5, 0.6) is 0 Å². The first-order chi connectivity index (χ1) is 7.34. The van der Waals surface area contributed by atoms with Gasteiger partial charge in [0.05, 0.1) is 0 Å². The normalized spacial score (nSPS) is 21.5. The average Bonchev–Trinajstić information content (AvgIpc) is 2.30. The Balaban J connectivity index is 1.79. The first kappa shape index (κ1) is 10.7. The predicted octanol–water partition coefficient (Wildman–Crippen LogP) is 3.07. The summed E-state index contributed by atoms with van der Waals surface area (Å²) in [6, 6.07) is 9.71. The number of aryl methyl sites for hydroxylation is 2. The summed E-state index contributed by atoms with van der Waals surface area (Å²) in [7, 11) is 0. The van der Waals surface area contributed by atoms with Gasteiger partial charge in [-0.1, -0.05) is 36.2 Å². The lowest BCUT2D eigenvalue weighted by Crippen LogP contribution is -2.34. The maximum absolute atomic E-state index is 3.60. The third-order valence-electron chi connectivity index (χ3n) is 3.31. The van der Waals surface area contributed by atoms with Crippen molar-refractivity contribution < 1.29 is 0 Å². The maximum Gasteiger partial charge on any atom is 0.00702 e. The molecule has 1 N–H and O–H groups in total. The van der Waals surface area contributed by atoms with E-state index in [2.05, 4.69) is 36.5 Å². The first-order valence-corrected chi connectivity index (χ1v) is 6.13. The topological polar surface area (TPSA) is 12.0 Å². The van der Waals surface area contributed by atoms with E-state index in [1.54, 1.807) is 0 Å². The Morgan fingerprint density at radius 1 is 1.20 bits per heavy atom. The van der Waals surface area contributed by atoms with Gasteiger partial charge in [0.2, 0.25) is 0 Å². The van der Waals surface area contributed by atoms with E-state index < -0.39 is 0 Å². The number of nitrogens with one attached hydrogen (secondary N) is 1. The van der Waals surface area contributed by atoms with Crippen molar-refractivity contribution in [1.82, 2.24) is 5.32 Å². The molecule has 1 aromatic carbocycles. The highest BCUT2D eigenvalue weighted by atomic mass is 14.9. The van der Waals surface area contributed by atoms with Crippen LogP contribution < -0.4 is 5.32 Å². The van der Waals surface area contributed by atoms with E-state index in [0.29, 0.717) is 0 Å². The van der Waals surface area contributed by atoms with Crippen LogP contribution in [0, 0.1) is 6.92 Å². The van der Waals surface area contributed by atoms with Gasteiger partial charge in [0, 0.05) is 6.04 Å². The summed E-state index contributed by atoms with van der Waals surface area (Å²) in [5, 5.41) is 3.60. The van der Waals surface area contributed by atoms with Crippen LogP contribution in [0.3, 0.4) is 0 Å². The molecule has 82 valence electrons. The molecule has 0 saturated carbocycles. The number of hydrogen-bond acceptors (Lipinski definition) is 1. The van der Waals surface area contributed by atoms with Gasteiger partial charge in [-0.15, -0.1) is 0 Å². The second-order valence-corrected chi connectivity index (χ2v) is 4.67. The molecule has 1 saturated heterocycles. The quantitative estimate of drug-likeness (QED) is 0.796. The Labute approximate surface area is 92.9 Å². The van der Waals surface area contributed by atoms with Crippen molar-refractivity contribution in [2.45, 2.75) is 45.1 Å². The fourth-order valence-electron chi connectivity index (χ4n) is 2.27. The summed E-state index contributed by atoms with van der Waals surface area (Å²) in [5.74, 6) is 0. The monoisotopic (exact) mass is 203 g/mol. The van der Waals surface area contributed by atoms with Crippen molar-refractivity contribution in [1.29, 1.82) is 0 Å². The van der Waals surface area contributed by atoms with E-state index >= 15 is 0 Å². The third kappa shape index (κ3) is 3.35. The van der Waals surface area contributed by atoms with Crippen LogP contribution in [0.15, 0.2) is 24.3 Å². The molecule has 0 amide bonds. The van der Waals surface area contributed by atoms with Gasteiger partial charge < -0.3 is 5.32 Å². The van der Waals surface area contributed by atoms with Gasteiger partial charge >= 0.3 is 0 Å². The second kappa shape index (κ2) is 5.32. The molecule has 2 rings (SSSR count). The molecule has 0 spiro atoms. The smallest absolute Gasteiger partial charge is 0.00702 e. The van der Waals surface area contributed by atoms with Gasteiger partial charge in [0.25, 0.3) is 0 Å². The molecule has 1 atom stereocenters. The molecule has 0 aromatic heterocycles. The van der Waals surface area contributed by atoms with Crippen LogP contribution in [-0.4, -0.2) is 12.6 Å². The van der Waals surface area contributed by atoms with Crippen LogP contribution in [0.2, 0.25) is 0 Å². The van der Waals surface area contributed by atoms with Crippen LogP contribution in [-0.2, 0) is 6.42 Å². The lowest BCUT2D eigenvalue weighted by molar-refractivity contribution is 0.383. The average molecular weight is 203 g/mol. The Hall–Kier alpha value is -0.820. The molecule has 0 radical (unpaired) electrons. The summed E-state index contributed by atoms with van der Waals surface area (Å²) in [5.41, 5.74) is 2.84. The Morgan fingerprint density at radius 3 is 2.67 bits per heavy atom. The molecule has 0 unspecified atom stereocenters. The van der Waals surface area contributed by atoms with Gasteiger partial charge in [-0.2, -0.15) is 0 Å². The molecule has 0 bridgehead atoms. The summed E-state index contributed by atoms with van der Waals surface area (Å²) in [6.45, 7) is 3.37. The van der Waals surface area contributed by atoms with Crippen molar-refractivity contribution in [3.63, 3.8) is 0 Å². The molecular formula is C14H21N. The summed E-state index contributed by atoms with van der Waals surface area (Å²) >= 11 is 0. The zero-order valence-electron chi connectivity index (χ0n) is 9.63. The van der Waals surface area contributed by atoms with Gasteiger partial charge in [-0.25, -0.2) is 0 Å². The third-order valence-corrected chi connectivity index (χ3v) is 3.31. The van der Waals surface area contributed by atoms with Crippen LogP contribution in [0.25, 0.3) is 0 Å². The SMILES string of the molecule is Cc1ccc(CC[C@@H]2CCCCN2)cc1. The minimum Gasteiger partial charge on any atom is -0.314 e. The molecule has 1 aliphatic heterocycles. The van der Waals surface area contributed by atoms with Crippen LogP contribution in [0.1, 0.15) is 36.8 Å². The van der Waals surface area contributed by atoms with Gasteiger partial charge in [0.15, 0.2) is 0 Å². The lowest BCUT2D eigenvalue weighted by Gasteiger charge is -2.23. The summed E-state index contributed by atoms with van der Waals surface area (Å²) in [6.07, 6.45) is 6.65. The zero-order chi connectivity index (χ0) is 10.5. The summed E-state index contributed by atoms with van der Waals surface area (Å²) < 4.78 is 0. The maximum atomic E-state index is 3.60. The van der Waals surface area contributed by atoms with Crippen LogP contribution in [0.4, 0.5) is 0 Å². The zero-order valence-corrected chi connectivity index (χ0v) is 9.63. The van der Waals surface area contributed by atoms with Crippen molar-refractivity contribution in [2.75, 3.05) is 6.54 Å². The summed E-state index contributed by atoms with van der Waals surface area (Å²) in [4.78, 5) is 0. The highest BCUT2D eigenvalue weighted by Gasteiger charge is 2.11. The molecule has 1 fully saturated rings. The van der Waals surface area contributed by atoms with Gasteiger partial charge in [-0.05, 0) is 44.7 Å². The highest BCUT2D eigenvalue weighted by Crippen LogP contribution is 2.13. The predicted molar refractivity (Wildman–Crippen MR) is 65.1 cm³/mol. The minimum atomic E-state index is 0.764. The van der Waals surface area contributed by atoms with E-state index in [1.807, 2.05) is 0 Å². The molecule has 15 heavy (non-hydrogen) atoms. The lowest BCUT2D eigenvalue weighted by atomic mass is 9.98. The number of hydrogen-bond donors (Lipinski definition) is 1. The van der Waals surface area contributed by atoms with Gasteiger partial charge in [-0.3, -0.25) is 0 Å². The fraction of sp³-hybridized carbons (Fsp3) is 0.571. The van der Waals surface area contributed by atoms with E-state index in [-0.39, 0.29) is 0 Å². The molecule has 1 nitrogen and oxygen atoms in total. The Bertz CT molecular complexity index is 283. The first-order valence-electron chi connectivity index (χ1n) is 6.13. The van der Waals surface area contributed by atoms with E-state index in [1.165, 1.54) is 49.8 Å². The molecule has 1 aromatic rings. The molecule has 1 heteroatoms. The van der Waals surface area contributed by atoms with Crippen molar-refractivity contribution in [3.05, 3.63) is 35.4 Å². The van der Waals surface area contributed by atoms with Gasteiger partial charge in [0.1, 0.15) is 0 Å². The largest absolute Gasteiger partial charge is 0.314 e. The Kier molecular flexibility index (Phi) is 3.79. The Morgan fingerprint density at radius 2 is 2.00 bits per heavy atom. The molecular weight excluding hydrogens is 182 g/mol. The molecule has 1 aliphatic rings. The van der Waals surface area contributed by atoms with Crippen molar-refractivity contribution in [3.8, 4) is 0 Å². The van der Waals surface area contributed by atoms with E-state index in [0.717, 1.165) is 6.04 Å². The molecule has 1 heterocycles. The highest BCUT2D eigenvalue weighted by molar-refractivity contribution is 5.21. The van der Waals surface area contributed by atoms with E-state index in [4.69, 9.17) is 0 Å². The van der Waals surface area contributed by atoms with Crippen LogP contribution >= 0.6 is 0 Å². The number of piperidine rings is 1.